The number of hydrogen-bond donors (Lipinski definition) is 2. The molecule has 0 aliphatic heterocycles. The minimum absolute atomic E-state index is 0.371. The average Bonchev–Trinajstić information content (AvgIpc) is 2.99. The zero-order valence-corrected chi connectivity index (χ0v) is 13.0. The third kappa shape index (κ3) is 4.10. The van der Waals surface area contributed by atoms with E-state index in [2.05, 4.69) is 25.2 Å². The summed E-state index contributed by atoms with van der Waals surface area (Å²) in [6.45, 7) is 5.56. The fourth-order valence-corrected chi connectivity index (χ4v) is 3.46. The molecule has 1 saturated carbocycles. The van der Waals surface area contributed by atoms with E-state index in [4.69, 9.17) is 10.2 Å². The van der Waals surface area contributed by atoms with Crippen molar-refractivity contribution in [3.8, 4) is 0 Å². The summed E-state index contributed by atoms with van der Waals surface area (Å²) in [5, 5.41) is 3.66. The van der Waals surface area contributed by atoms with Crippen molar-refractivity contribution in [3.05, 3.63) is 24.2 Å². The van der Waals surface area contributed by atoms with Crippen LogP contribution in [-0.2, 0) is 0 Å². The van der Waals surface area contributed by atoms with Crippen LogP contribution in [0.2, 0.25) is 0 Å². The Labute approximate surface area is 123 Å². The molecule has 1 aliphatic rings. The molecule has 1 aromatic rings. The van der Waals surface area contributed by atoms with E-state index in [1.807, 2.05) is 6.26 Å². The van der Waals surface area contributed by atoms with Crippen LogP contribution in [0.3, 0.4) is 0 Å². The lowest BCUT2D eigenvalue weighted by Crippen LogP contribution is -2.38. The number of nitrogens with two attached hydrogens (primary N) is 1. The minimum Gasteiger partial charge on any atom is -0.472 e. The molecule has 20 heavy (non-hydrogen) atoms. The highest BCUT2D eigenvalue weighted by Crippen LogP contribution is 2.35. The van der Waals surface area contributed by atoms with Crippen LogP contribution in [-0.4, -0.2) is 12.6 Å². The van der Waals surface area contributed by atoms with Gasteiger partial charge in [0.25, 0.3) is 0 Å². The second-order valence-corrected chi connectivity index (χ2v) is 6.31. The fraction of sp³-hybridized carbons (Fsp3) is 0.765. The minimum atomic E-state index is 0.371. The van der Waals surface area contributed by atoms with Gasteiger partial charge in [0.05, 0.1) is 12.5 Å². The molecule has 4 unspecified atom stereocenters. The van der Waals surface area contributed by atoms with Gasteiger partial charge in [0, 0.05) is 17.6 Å². The molecule has 3 heteroatoms. The second-order valence-electron chi connectivity index (χ2n) is 6.31. The molecular formula is C17H30N2O. The van der Waals surface area contributed by atoms with Gasteiger partial charge in [-0.2, -0.15) is 0 Å². The van der Waals surface area contributed by atoms with Gasteiger partial charge in [0.1, 0.15) is 0 Å². The first-order chi connectivity index (χ1) is 9.74. The van der Waals surface area contributed by atoms with E-state index in [0.717, 1.165) is 25.3 Å². The molecule has 0 radical (unpaired) electrons. The predicted molar refractivity (Wildman–Crippen MR) is 83.5 cm³/mol. The second kappa shape index (κ2) is 7.84. The van der Waals surface area contributed by atoms with E-state index in [1.165, 1.54) is 31.2 Å². The third-order valence-electron chi connectivity index (χ3n) is 4.85. The predicted octanol–water partition coefficient (Wildman–Crippen LogP) is 3.86. The number of furan rings is 1. The maximum atomic E-state index is 6.38. The molecule has 1 aliphatic carbocycles. The summed E-state index contributed by atoms with van der Waals surface area (Å²) in [6.07, 6.45) is 11.0. The molecular weight excluding hydrogens is 248 g/mol. The summed E-state index contributed by atoms with van der Waals surface area (Å²) in [5.74, 6) is 1.51. The van der Waals surface area contributed by atoms with Crippen LogP contribution in [0.4, 0.5) is 0 Å². The Bertz CT molecular complexity index is 363. The third-order valence-corrected chi connectivity index (χ3v) is 4.85. The van der Waals surface area contributed by atoms with Crippen LogP contribution < -0.4 is 11.1 Å². The summed E-state index contributed by atoms with van der Waals surface area (Å²) in [7, 11) is 0. The Morgan fingerprint density at radius 1 is 1.40 bits per heavy atom. The van der Waals surface area contributed by atoms with Crippen molar-refractivity contribution >= 4 is 0 Å². The van der Waals surface area contributed by atoms with E-state index in [9.17, 15) is 0 Å². The molecule has 0 aromatic carbocycles. The van der Waals surface area contributed by atoms with Gasteiger partial charge in [-0.05, 0) is 56.6 Å². The van der Waals surface area contributed by atoms with Gasteiger partial charge in [0.15, 0.2) is 0 Å². The highest BCUT2D eigenvalue weighted by Gasteiger charge is 2.29. The van der Waals surface area contributed by atoms with Crippen molar-refractivity contribution in [2.45, 2.75) is 64.5 Å². The average molecular weight is 278 g/mol. The summed E-state index contributed by atoms with van der Waals surface area (Å²) in [4.78, 5) is 0. The quantitative estimate of drug-likeness (QED) is 0.796. The number of rotatable bonds is 7. The van der Waals surface area contributed by atoms with Gasteiger partial charge < -0.3 is 15.5 Å². The topological polar surface area (TPSA) is 51.2 Å². The van der Waals surface area contributed by atoms with Crippen LogP contribution in [0.5, 0.6) is 0 Å². The van der Waals surface area contributed by atoms with Crippen molar-refractivity contribution in [2.75, 3.05) is 6.54 Å². The smallest absolute Gasteiger partial charge is 0.0950 e. The van der Waals surface area contributed by atoms with Crippen molar-refractivity contribution in [1.82, 2.24) is 5.32 Å². The van der Waals surface area contributed by atoms with Gasteiger partial charge in [-0.1, -0.05) is 20.3 Å². The van der Waals surface area contributed by atoms with Crippen LogP contribution in [0.25, 0.3) is 0 Å². The molecule has 2 rings (SSSR count). The Morgan fingerprint density at radius 2 is 2.25 bits per heavy atom. The van der Waals surface area contributed by atoms with Gasteiger partial charge in [-0.3, -0.25) is 0 Å². The monoisotopic (exact) mass is 278 g/mol. The molecule has 0 spiro atoms. The fourth-order valence-electron chi connectivity index (χ4n) is 3.46. The first-order valence-corrected chi connectivity index (χ1v) is 8.25. The summed E-state index contributed by atoms with van der Waals surface area (Å²) in [5.41, 5.74) is 7.64. The summed E-state index contributed by atoms with van der Waals surface area (Å²) < 4.78 is 5.26. The molecule has 1 aromatic heterocycles. The largest absolute Gasteiger partial charge is 0.472 e. The SMILES string of the molecule is CCCNC(CC1CC(CC)CCC1N)c1ccoc1. The standard InChI is InChI=1S/C17H30N2O/c1-3-8-19-17(14-7-9-20-12-14)11-15-10-13(4-2)5-6-16(15)18/h7,9,12-13,15-17,19H,3-6,8,10-11,18H2,1-2H3. The Kier molecular flexibility index (Phi) is 6.11. The molecule has 1 heterocycles. The molecule has 114 valence electrons. The van der Waals surface area contributed by atoms with E-state index in [-0.39, 0.29) is 0 Å². The maximum absolute atomic E-state index is 6.38. The maximum Gasteiger partial charge on any atom is 0.0950 e. The highest BCUT2D eigenvalue weighted by molar-refractivity contribution is 5.12. The normalized spacial score (nSPS) is 28.4. The molecule has 3 N–H and O–H groups in total. The number of nitrogens with one attached hydrogen (secondary N) is 1. The zero-order valence-electron chi connectivity index (χ0n) is 13.0. The first kappa shape index (κ1) is 15.6. The van der Waals surface area contributed by atoms with Gasteiger partial charge >= 0.3 is 0 Å². The summed E-state index contributed by atoms with van der Waals surface area (Å²) in [6, 6.07) is 2.84. The van der Waals surface area contributed by atoms with Crippen LogP contribution >= 0.6 is 0 Å². The number of hydrogen-bond acceptors (Lipinski definition) is 3. The molecule has 1 fully saturated rings. The molecule has 0 saturated heterocycles. The lowest BCUT2D eigenvalue weighted by atomic mass is 9.74. The van der Waals surface area contributed by atoms with E-state index in [0.29, 0.717) is 18.0 Å². The van der Waals surface area contributed by atoms with Crippen LogP contribution in [0, 0.1) is 11.8 Å². The molecule has 4 atom stereocenters. The molecule has 0 amide bonds. The zero-order chi connectivity index (χ0) is 14.4. The van der Waals surface area contributed by atoms with Gasteiger partial charge in [-0.15, -0.1) is 0 Å². The van der Waals surface area contributed by atoms with E-state index >= 15 is 0 Å². The van der Waals surface area contributed by atoms with Crippen molar-refractivity contribution < 1.29 is 4.42 Å². The van der Waals surface area contributed by atoms with Gasteiger partial charge in [0.2, 0.25) is 0 Å². The van der Waals surface area contributed by atoms with Crippen molar-refractivity contribution in [3.63, 3.8) is 0 Å². The first-order valence-electron chi connectivity index (χ1n) is 8.25. The Balaban J connectivity index is 1.98. The Hall–Kier alpha value is -0.800. The lowest BCUT2D eigenvalue weighted by Gasteiger charge is -2.36. The lowest BCUT2D eigenvalue weighted by molar-refractivity contribution is 0.201. The van der Waals surface area contributed by atoms with Crippen molar-refractivity contribution in [1.29, 1.82) is 0 Å². The van der Waals surface area contributed by atoms with E-state index in [1.54, 1.807) is 6.26 Å². The molecule has 0 bridgehead atoms. The van der Waals surface area contributed by atoms with Crippen LogP contribution in [0.15, 0.2) is 23.0 Å². The summed E-state index contributed by atoms with van der Waals surface area (Å²) >= 11 is 0. The Morgan fingerprint density at radius 3 is 2.90 bits per heavy atom. The van der Waals surface area contributed by atoms with Crippen LogP contribution in [0.1, 0.15) is 64.0 Å². The van der Waals surface area contributed by atoms with Gasteiger partial charge in [-0.25, -0.2) is 0 Å². The molecule has 3 nitrogen and oxygen atoms in total. The van der Waals surface area contributed by atoms with Crippen molar-refractivity contribution in [2.24, 2.45) is 17.6 Å². The highest BCUT2D eigenvalue weighted by atomic mass is 16.3. The van der Waals surface area contributed by atoms with E-state index < -0.39 is 0 Å².